The van der Waals surface area contributed by atoms with Crippen LogP contribution in [0.4, 0.5) is 4.39 Å². The Morgan fingerprint density at radius 3 is 2.36 bits per heavy atom. The van der Waals surface area contributed by atoms with E-state index in [2.05, 4.69) is 13.8 Å². The van der Waals surface area contributed by atoms with Gasteiger partial charge in [0.25, 0.3) is 0 Å². The molecule has 84 valence electrons. The van der Waals surface area contributed by atoms with Crippen LogP contribution in [0.2, 0.25) is 0 Å². The molecule has 14 heavy (non-hydrogen) atoms. The standard InChI is InChI=1S/C11H21FO2/c1-5-13-6-10-8(3)7(2)9(4)11(12)14-10/h7-11H,5-6H2,1-4H3/t7-,8+,9?,10?,11?/m0/s1. The van der Waals surface area contributed by atoms with E-state index in [0.717, 1.165) is 0 Å². The van der Waals surface area contributed by atoms with Crippen molar-refractivity contribution >= 4 is 0 Å². The smallest absolute Gasteiger partial charge is 0.201 e. The maximum atomic E-state index is 13.4. The van der Waals surface area contributed by atoms with Crippen LogP contribution in [-0.4, -0.2) is 25.7 Å². The fourth-order valence-corrected chi connectivity index (χ4v) is 1.90. The van der Waals surface area contributed by atoms with Crippen molar-refractivity contribution in [1.29, 1.82) is 0 Å². The van der Waals surface area contributed by atoms with Gasteiger partial charge in [0.1, 0.15) is 0 Å². The van der Waals surface area contributed by atoms with E-state index in [4.69, 9.17) is 9.47 Å². The van der Waals surface area contributed by atoms with Gasteiger partial charge in [-0.1, -0.05) is 20.8 Å². The molecule has 0 aromatic rings. The molecule has 0 aromatic carbocycles. The molecule has 1 heterocycles. The van der Waals surface area contributed by atoms with Crippen molar-refractivity contribution in [2.24, 2.45) is 17.8 Å². The second-order valence-electron chi connectivity index (χ2n) is 4.26. The summed E-state index contributed by atoms with van der Waals surface area (Å²) in [5.74, 6) is 0.704. The second kappa shape index (κ2) is 5.08. The van der Waals surface area contributed by atoms with Crippen LogP contribution < -0.4 is 0 Å². The zero-order valence-corrected chi connectivity index (χ0v) is 9.50. The molecule has 1 aliphatic rings. The van der Waals surface area contributed by atoms with Gasteiger partial charge in [-0.25, -0.2) is 4.39 Å². The molecule has 3 unspecified atom stereocenters. The lowest BCUT2D eigenvalue weighted by Gasteiger charge is -2.40. The number of halogens is 1. The van der Waals surface area contributed by atoms with E-state index in [9.17, 15) is 4.39 Å². The molecule has 0 aliphatic carbocycles. The third kappa shape index (κ3) is 2.45. The summed E-state index contributed by atoms with van der Waals surface area (Å²) in [6, 6.07) is 0. The van der Waals surface area contributed by atoms with E-state index in [-0.39, 0.29) is 12.0 Å². The molecule has 1 rings (SSSR count). The number of ether oxygens (including phenoxy) is 2. The first-order valence-electron chi connectivity index (χ1n) is 5.45. The molecule has 1 aliphatic heterocycles. The van der Waals surface area contributed by atoms with Crippen LogP contribution in [0.5, 0.6) is 0 Å². The van der Waals surface area contributed by atoms with Gasteiger partial charge in [0.2, 0.25) is 6.36 Å². The van der Waals surface area contributed by atoms with Gasteiger partial charge in [-0.2, -0.15) is 0 Å². The van der Waals surface area contributed by atoms with Crippen LogP contribution in [0.25, 0.3) is 0 Å². The summed E-state index contributed by atoms with van der Waals surface area (Å²) in [4.78, 5) is 0. The van der Waals surface area contributed by atoms with Crippen LogP contribution in [0, 0.1) is 17.8 Å². The molecule has 0 aromatic heterocycles. The highest BCUT2D eigenvalue weighted by Gasteiger charge is 2.38. The monoisotopic (exact) mass is 204 g/mol. The fraction of sp³-hybridized carbons (Fsp3) is 1.00. The van der Waals surface area contributed by atoms with Crippen molar-refractivity contribution in [3.63, 3.8) is 0 Å². The Kier molecular flexibility index (Phi) is 4.32. The van der Waals surface area contributed by atoms with E-state index in [1.54, 1.807) is 0 Å². The number of rotatable bonds is 3. The topological polar surface area (TPSA) is 18.5 Å². The molecule has 5 atom stereocenters. The van der Waals surface area contributed by atoms with Crippen molar-refractivity contribution in [2.75, 3.05) is 13.2 Å². The Bertz CT molecular complexity index is 175. The van der Waals surface area contributed by atoms with Crippen molar-refractivity contribution in [3.05, 3.63) is 0 Å². The third-order valence-corrected chi connectivity index (χ3v) is 3.45. The Morgan fingerprint density at radius 2 is 1.79 bits per heavy atom. The van der Waals surface area contributed by atoms with Gasteiger partial charge in [-0.3, -0.25) is 0 Å². The van der Waals surface area contributed by atoms with Gasteiger partial charge in [0.15, 0.2) is 0 Å². The minimum absolute atomic E-state index is 0.0112. The van der Waals surface area contributed by atoms with Gasteiger partial charge in [-0.05, 0) is 18.8 Å². The largest absolute Gasteiger partial charge is 0.379 e. The molecule has 0 spiro atoms. The molecule has 0 amide bonds. The summed E-state index contributed by atoms with van der Waals surface area (Å²) in [5, 5.41) is 0. The van der Waals surface area contributed by atoms with Crippen LogP contribution in [0.15, 0.2) is 0 Å². The Labute approximate surface area is 85.8 Å². The zero-order chi connectivity index (χ0) is 10.7. The van der Waals surface area contributed by atoms with E-state index in [1.165, 1.54) is 0 Å². The summed E-state index contributed by atoms with van der Waals surface area (Å²) < 4.78 is 24.0. The Hall–Kier alpha value is -0.150. The lowest BCUT2D eigenvalue weighted by molar-refractivity contribution is -0.202. The summed E-state index contributed by atoms with van der Waals surface area (Å²) in [5.41, 5.74) is 0. The summed E-state index contributed by atoms with van der Waals surface area (Å²) >= 11 is 0. The highest BCUT2D eigenvalue weighted by Crippen LogP contribution is 2.35. The first-order valence-corrected chi connectivity index (χ1v) is 5.45. The summed E-state index contributed by atoms with van der Waals surface area (Å²) in [7, 11) is 0. The van der Waals surface area contributed by atoms with Crippen molar-refractivity contribution < 1.29 is 13.9 Å². The second-order valence-corrected chi connectivity index (χ2v) is 4.26. The van der Waals surface area contributed by atoms with Crippen molar-refractivity contribution in [3.8, 4) is 0 Å². The first kappa shape index (κ1) is 11.9. The van der Waals surface area contributed by atoms with Crippen LogP contribution in [-0.2, 0) is 9.47 Å². The SMILES string of the molecule is CCOCC1OC(F)C(C)[C@@H](C)[C@H]1C. The predicted molar refractivity (Wildman–Crippen MR) is 53.8 cm³/mol. The van der Waals surface area contributed by atoms with Crippen molar-refractivity contribution in [2.45, 2.75) is 40.2 Å². The maximum Gasteiger partial charge on any atom is 0.201 e. The minimum atomic E-state index is -1.13. The number of hydrogen-bond donors (Lipinski definition) is 0. The van der Waals surface area contributed by atoms with Gasteiger partial charge in [-0.15, -0.1) is 0 Å². The van der Waals surface area contributed by atoms with Gasteiger partial charge in [0, 0.05) is 12.5 Å². The van der Waals surface area contributed by atoms with E-state index in [0.29, 0.717) is 25.0 Å². The highest BCUT2D eigenvalue weighted by atomic mass is 19.1. The summed E-state index contributed by atoms with van der Waals surface area (Å²) in [6.45, 7) is 9.21. The van der Waals surface area contributed by atoms with Crippen LogP contribution in [0.1, 0.15) is 27.7 Å². The van der Waals surface area contributed by atoms with E-state index in [1.807, 2.05) is 13.8 Å². The van der Waals surface area contributed by atoms with E-state index >= 15 is 0 Å². The molecule has 1 saturated heterocycles. The lowest BCUT2D eigenvalue weighted by atomic mass is 9.79. The zero-order valence-electron chi connectivity index (χ0n) is 9.50. The molecule has 1 fully saturated rings. The average molecular weight is 204 g/mol. The normalized spacial score (nSPS) is 43.9. The average Bonchev–Trinajstić information content (AvgIpc) is 2.18. The molecule has 0 N–H and O–H groups in total. The van der Waals surface area contributed by atoms with E-state index < -0.39 is 6.36 Å². The maximum absolute atomic E-state index is 13.4. The third-order valence-electron chi connectivity index (χ3n) is 3.45. The Morgan fingerprint density at radius 1 is 1.14 bits per heavy atom. The lowest BCUT2D eigenvalue weighted by Crippen LogP contribution is -2.44. The Balaban J connectivity index is 2.52. The molecular weight excluding hydrogens is 183 g/mol. The molecule has 0 radical (unpaired) electrons. The van der Waals surface area contributed by atoms with Gasteiger partial charge >= 0.3 is 0 Å². The van der Waals surface area contributed by atoms with Gasteiger partial charge in [0.05, 0.1) is 12.7 Å². The predicted octanol–water partition coefficient (Wildman–Crippen LogP) is 2.63. The summed E-state index contributed by atoms with van der Waals surface area (Å²) in [6.07, 6.45) is -1.22. The molecule has 0 saturated carbocycles. The minimum Gasteiger partial charge on any atom is -0.379 e. The van der Waals surface area contributed by atoms with Crippen LogP contribution in [0.3, 0.4) is 0 Å². The fourth-order valence-electron chi connectivity index (χ4n) is 1.90. The molecule has 2 nitrogen and oxygen atoms in total. The van der Waals surface area contributed by atoms with Crippen LogP contribution >= 0.6 is 0 Å². The molecule has 0 bridgehead atoms. The highest BCUT2D eigenvalue weighted by molar-refractivity contribution is 4.82. The molecular formula is C11H21FO2. The van der Waals surface area contributed by atoms with Crippen molar-refractivity contribution in [1.82, 2.24) is 0 Å². The number of alkyl halides is 1. The quantitative estimate of drug-likeness (QED) is 0.703. The molecule has 3 heteroatoms. The first-order chi connectivity index (χ1) is 6.57. The number of hydrogen-bond acceptors (Lipinski definition) is 2. The van der Waals surface area contributed by atoms with Gasteiger partial charge < -0.3 is 9.47 Å².